The van der Waals surface area contributed by atoms with E-state index in [0.29, 0.717) is 38.8 Å². The summed E-state index contributed by atoms with van der Waals surface area (Å²) in [5.41, 5.74) is 5.67. The number of carbonyl (C=O) groups is 2. The van der Waals surface area contributed by atoms with E-state index in [0.717, 1.165) is 25.7 Å². The minimum atomic E-state index is -0.456. The molecule has 2 aliphatic rings. The van der Waals surface area contributed by atoms with E-state index in [9.17, 15) is 9.59 Å². The van der Waals surface area contributed by atoms with E-state index in [-0.39, 0.29) is 17.7 Å². The zero-order chi connectivity index (χ0) is 15.2. The van der Waals surface area contributed by atoms with E-state index in [1.54, 1.807) is 11.8 Å². The fourth-order valence-corrected chi connectivity index (χ4v) is 3.11. The van der Waals surface area contributed by atoms with Crippen molar-refractivity contribution < 1.29 is 14.3 Å². The molecule has 0 radical (unpaired) electrons. The quantitative estimate of drug-likeness (QED) is 0.771. The zero-order valence-electron chi connectivity index (χ0n) is 12.8. The maximum atomic E-state index is 12.3. The molecule has 3 N–H and O–H groups in total. The first-order valence-corrected chi connectivity index (χ1v) is 7.98. The smallest absolute Gasteiger partial charge is 0.245 e. The van der Waals surface area contributed by atoms with Gasteiger partial charge in [0.1, 0.15) is 6.04 Å². The van der Waals surface area contributed by atoms with Crippen molar-refractivity contribution in [2.24, 2.45) is 17.6 Å². The van der Waals surface area contributed by atoms with Gasteiger partial charge in [-0.05, 0) is 45.1 Å². The Hall–Kier alpha value is -1.14. The molecule has 0 aromatic rings. The van der Waals surface area contributed by atoms with Crippen LogP contribution in [0.25, 0.3) is 0 Å². The van der Waals surface area contributed by atoms with Crippen molar-refractivity contribution >= 4 is 11.8 Å². The summed E-state index contributed by atoms with van der Waals surface area (Å²) in [4.78, 5) is 26.3. The molecule has 0 aromatic heterocycles. The first-order valence-electron chi connectivity index (χ1n) is 7.98. The standard InChI is InChI=1S/C15H27N3O3/c1-11(15(20)18-6-8-21-9-7-18)17-14(19)13-4-2-12(10-16)3-5-13/h11-13H,2-10,16H2,1H3,(H,17,19). The number of nitrogens with two attached hydrogens (primary N) is 1. The van der Waals surface area contributed by atoms with Gasteiger partial charge in [-0.1, -0.05) is 0 Å². The number of hydrogen-bond acceptors (Lipinski definition) is 4. The molecule has 21 heavy (non-hydrogen) atoms. The van der Waals surface area contributed by atoms with Gasteiger partial charge in [0.2, 0.25) is 11.8 Å². The van der Waals surface area contributed by atoms with E-state index < -0.39 is 6.04 Å². The summed E-state index contributed by atoms with van der Waals surface area (Å²) >= 11 is 0. The molecule has 6 nitrogen and oxygen atoms in total. The van der Waals surface area contributed by atoms with E-state index >= 15 is 0 Å². The molecule has 0 spiro atoms. The van der Waals surface area contributed by atoms with Crippen LogP contribution in [0.3, 0.4) is 0 Å². The Balaban J connectivity index is 1.77. The van der Waals surface area contributed by atoms with Gasteiger partial charge >= 0.3 is 0 Å². The molecule has 0 aromatic carbocycles. The third kappa shape index (κ3) is 4.41. The average Bonchev–Trinajstić information content (AvgIpc) is 2.55. The minimum absolute atomic E-state index is 0.0118. The van der Waals surface area contributed by atoms with E-state index in [1.165, 1.54) is 0 Å². The molecule has 1 aliphatic carbocycles. The number of ether oxygens (including phenoxy) is 1. The summed E-state index contributed by atoms with van der Waals surface area (Å²) in [5.74, 6) is 0.594. The van der Waals surface area contributed by atoms with Crippen molar-refractivity contribution in [1.29, 1.82) is 0 Å². The molecule has 2 amide bonds. The molecule has 1 atom stereocenters. The lowest BCUT2D eigenvalue weighted by molar-refractivity contribution is -0.140. The summed E-state index contributed by atoms with van der Waals surface area (Å²) in [7, 11) is 0. The van der Waals surface area contributed by atoms with Gasteiger partial charge in [0.05, 0.1) is 13.2 Å². The number of rotatable bonds is 4. The van der Waals surface area contributed by atoms with Crippen molar-refractivity contribution in [3.8, 4) is 0 Å². The van der Waals surface area contributed by atoms with Gasteiger partial charge < -0.3 is 20.7 Å². The molecule has 1 aliphatic heterocycles. The Morgan fingerprint density at radius 1 is 1.24 bits per heavy atom. The van der Waals surface area contributed by atoms with Crippen LogP contribution < -0.4 is 11.1 Å². The SMILES string of the molecule is CC(NC(=O)C1CCC(CN)CC1)C(=O)N1CCOCC1. The highest BCUT2D eigenvalue weighted by atomic mass is 16.5. The van der Waals surface area contributed by atoms with Gasteiger partial charge in [-0.25, -0.2) is 0 Å². The van der Waals surface area contributed by atoms with Crippen LogP contribution in [0.5, 0.6) is 0 Å². The van der Waals surface area contributed by atoms with Crippen LogP contribution in [-0.2, 0) is 14.3 Å². The molecular formula is C15H27N3O3. The summed E-state index contributed by atoms with van der Waals surface area (Å²) in [6, 6.07) is -0.456. The molecule has 1 saturated carbocycles. The van der Waals surface area contributed by atoms with Crippen molar-refractivity contribution in [2.75, 3.05) is 32.8 Å². The normalized spacial score (nSPS) is 28.0. The van der Waals surface area contributed by atoms with Gasteiger partial charge in [-0.2, -0.15) is 0 Å². The number of nitrogens with zero attached hydrogens (tertiary/aromatic N) is 1. The van der Waals surface area contributed by atoms with Crippen LogP contribution >= 0.6 is 0 Å². The average molecular weight is 297 g/mol. The first-order chi connectivity index (χ1) is 10.1. The van der Waals surface area contributed by atoms with Gasteiger partial charge in [-0.3, -0.25) is 9.59 Å². The molecule has 2 fully saturated rings. The topological polar surface area (TPSA) is 84.7 Å². The largest absolute Gasteiger partial charge is 0.378 e. The third-order valence-electron chi connectivity index (χ3n) is 4.60. The number of nitrogens with one attached hydrogen (secondary N) is 1. The molecular weight excluding hydrogens is 270 g/mol. The van der Waals surface area contributed by atoms with Crippen LogP contribution in [0.4, 0.5) is 0 Å². The molecule has 1 saturated heterocycles. The Morgan fingerprint density at radius 2 is 1.86 bits per heavy atom. The second-order valence-electron chi connectivity index (χ2n) is 6.12. The molecule has 120 valence electrons. The van der Waals surface area contributed by atoms with Crippen LogP contribution in [0.2, 0.25) is 0 Å². The van der Waals surface area contributed by atoms with Crippen LogP contribution in [-0.4, -0.2) is 55.6 Å². The number of amides is 2. The molecule has 2 rings (SSSR count). The summed E-state index contributed by atoms with van der Waals surface area (Å²) in [6.45, 7) is 4.85. The third-order valence-corrected chi connectivity index (χ3v) is 4.60. The lowest BCUT2D eigenvalue weighted by Gasteiger charge is -2.31. The highest BCUT2D eigenvalue weighted by Crippen LogP contribution is 2.28. The van der Waals surface area contributed by atoms with Gasteiger partial charge in [-0.15, -0.1) is 0 Å². The molecule has 1 unspecified atom stereocenters. The summed E-state index contributed by atoms with van der Waals surface area (Å²) < 4.78 is 5.24. The number of carbonyl (C=O) groups excluding carboxylic acids is 2. The lowest BCUT2D eigenvalue weighted by atomic mass is 9.81. The summed E-state index contributed by atoms with van der Waals surface area (Å²) in [6.07, 6.45) is 3.79. The Morgan fingerprint density at radius 3 is 2.43 bits per heavy atom. The molecule has 0 bridgehead atoms. The second kappa shape index (κ2) is 7.75. The molecule has 6 heteroatoms. The minimum Gasteiger partial charge on any atom is -0.378 e. The maximum Gasteiger partial charge on any atom is 0.245 e. The van der Waals surface area contributed by atoms with Gasteiger partial charge in [0, 0.05) is 19.0 Å². The fourth-order valence-electron chi connectivity index (χ4n) is 3.11. The van der Waals surface area contributed by atoms with E-state index in [1.807, 2.05) is 0 Å². The Labute approximate surface area is 126 Å². The Bertz CT molecular complexity index is 361. The van der Waals surface area contributed by atoms with Crippen LogP contribution in [0, 0.1) is 11.8 Å². The maximum absolute atomic E-state index is 12.3. The fraction of sp³-hybridized carbons (Fsp3) is 0.867. The Kier molecular flexibility index (Phi) is 5.99. The van der Waals surface area contributed by atoms with Crippen molar-refractivity contribution in [1.82, 2.24) is 10.2 Å². The monoisotopic (exact) mass is 297 g/mol. The second-order valence-corrected chi connectivity index (χ2v) is 6.12. The highest BCUT2D eigenvalue weighted by molar-refractivity contribution is 5.88. The first kappa shape index (κ1) is 16.2. The molecule has 1 heterocycles. The van der Waals surface area contributed by atoms with Crippen molar-refractivity contribution in [3.05, 3.63) is 0 Å². The zero-order valence-corrected chi connectivity index (χ0v) is 12.8. The van der Waals surface area contributed by atoms with E-state index in [2.05, 4.69) is 5.32 Å². The van der Waals surface area contributed by atoms with Crippen molar-refractivity contribution in [3.63, 3.8) is 0 Å². The highest BCUT2D eigenvalue weighted by Gasteiger charge is 2.29. The number of hydrogen-bond donors (Lipinski definition) is 2. The predicted octanol–water partition coefficient (Wildman–Crippen LogP) is 0.115. The lowest BCUT2D eigenvalue weighted by Crippen LogP contribution is -2.51. The number of morpholine rings is 1. The van der Waals surface area contributed by atoms with Crippen LogP contribution in [0.15, 0.2) is 0 Å². The summed E-state index contributed by atoms with van der Waals surface area (Å²) in [5, 5.41) is 2.88. The van der Waals surface area contributed by atoms with Crippen molar-refractivity contribution in [2.45, 2.75) is 38.6 Å². The predicted molar refractivity (Wildman–Crippen MR) is 79.5 cm³/mol. The van der Waals surface area contributed by atoms with Gasteiger partial charge in [0.15, 0.2) is 0 Å². The van der Waals surface area contributed by atoms with Crippen LogP contribution in [0.1, 0.15) is 32.6 Å². The van der Waals surface area contributed by atoms with E-state index in [4.69, 9.17) is 10.5 Å². The van der Waals surface area contributed by atoms with Gasteiger partial charge in [0.25, 0.3) is 0 Å².